The number of rotatable bonds is 3. The number of anilines is 1. The van der Waals surface area contributed by atoms with E-state index in [1.165, 1.54) is 38.5 Å². The average Bonchev–Trinajstić information content (AvgIpc) is 2.83. The van der Waals surface area contributed by atoms with Crippen molar-refractivity contribution in [2.24, 2.45) is 23.2 Å². The molecular weight excluding hydrogens is 434 g/mol. The molecule has 1 amide bonds. The van der Waals surface area contributed by atoms with Crippen LogP contribution in [0.1, 0.15) is 51.9 Å². The van der Waals surface area contributed by atoms with E-state index in [2.05, 4.69) is 48.1 Å². The fourth-order valence-electron chi connectivity index (χ4n) is 5.90. The summed E-state index contributed by atoms with van der Waals surface area (Å²) in [6.07, 6.45) is 11.0. The standard InChI is InChI=1S/C18H23Br2N3O/c1-16(10-18(16,19)20)15(24)21-14-2-3-23(22-14)17-7-11-4-12(8-17)6-13(5-11)9-17/h2-3,11-13H,4-10H2,1H3,(H,21,22,24)/t11?,12?,13?,16-,17?/m0/s1. The second-order valence-corrected chi connectivity index (χ2v) is 12.7. The minimum atomic E-state index is -0.405. The topological polar surface area (TPSA) is 46.9 Å². The number of hydrogen-bond donors (Lipinski definition) is 1. The number of hydrogen-bond acceptors (Lipinski definition) is 2. The first-order valence-electron chi connectivity index (χ1n) is 9.05. The Hall–Kier alpha value is -0.360. The fraction of sp³-hybridized carbons (Fsp3) is 0.778. The van der Waals surface area contributed by atoms with Crippen LogP contribution in [0.3, 0.4) is 0 Å². The number of carbonyl (C=O) groups excluding carboxylic acids is 1. The quantitative estimate of drug-likeness (QED) is 0.673. The van der Waals surface area contributed by atoms with Crippen molar-refractivity contribution in [3.05, 3.63) is 12.3 Å². The summed E-state index contributed by atoms with van der Waals surface area (Å²) in [7, 11) is 0. The van der Waals surface area contributed by atoms with E-state index in [0.717, 1.165) is 24.2 Å². The van der Waals surface area contributed by atoms with Crippen molar-refractivity contribution in [2.45, 2.75) is 60.6 Å². The number of alkyl halides is 2. The highest BCUT2D eigenvalue weighted by Crippen LogP contribution is 2.66. The van der Waals surface area contributed by atoms with Gasteiger partial charge in [0.25, 0.3) is 0 Å². The average molecular weight is 457 g/mol. The monoisotopic (exact) mass is 455 g/mol. The van der Waals surface area contributed by atoms with Crippen molar-refractivity contribution in [2.75, 3.05) is 5.32 Å². The summed E-state index contributed by atoms with van der Waals surface area (Å²) in [6, 6.07) is 1.96. The van der Waals surface area contributed by atoms with Gasteiger partial charge in [-0.05, 0) is 69.6 Å². The fourth-order valence-corrected chi connectivity index (χ4v) is 7.38. The van der Waals surface area contributed by atoms with Gasteiger partial charge in [-0.15, -0.1) is 0 Å². The molecule has 1 N–H and O–H groups in total. The second-order valence-electron chi connectivity index (χ2n) is 8.95. The van der Waals surface area contributed by atoms with E-state index in [-0.39, 0.29) is 14.7 Å². The zero-order valence-electron chi connectivity index (χ0n) is 13.9. The largest absolute Gasteiger partial charge is 0.309 e. The predicted molar refractivity (Wildman–Crippen MR) is 100 cm³/mol. The summed E-state index contributed by atoms with van der Waals surface area (Å²) >= 11 is 7.13. The third kappa shape index (κ3) is 2.21. The van der Waals surface area contributed by atoms with Gasteiger partial charge in [-0.1, -0.05) is 31.9 Å². The van der Waals surface area contributed by atoms with Gasteiger partial charge < -0.3 is 5.32 Å². The van der Waals surface area contributed by atoms with Crippen LogP contribution in [-0.2, 0) is 10.3 Å². The highest BCUT2D eigenvalue weighted by Gasteiger charge is 2.66. The number of aromatic nitrogens is 2. The maximum Gasteiger partial charge on any atom is 0.233 e. The van der Waals surface area contributed by atoms with Gasteiger partial charge in [-0.25, -0.2) is 0 Å². The molecule has 5 aliphatic carbocycles. The van der Waals surface area contributed by atoms with Gasteiger partial charge in [0, 0.05) is 12.3 Å². The molecule has 1 aromatic heterocycles. The van der Waals surface area contributed by atoms with Crippen molar-refractivity contribution in [1.29, 1.82) is 0 Å². The molecule has 0 unspecified atom stereocenters. The van der Waals surface area contributed by atoms with Crippen molar-refractivity contribution in [1.82, 2.24) is 9.78 Å². The molecular formula is C18H23Br2N3O. The molecule has 5 aliphatic rings. The normalized spacial score (nSPS) is 44.5. The maximum absolute atomic E-state index is 12.5. The molecule has 1 atom stereocenters. The molecule has 4 nitrogen and oxygen atoms in total. The Labute approximate surface area is 159 Å². The van der Waals surface area contributed by atoms with Crippen LogP contribution in [0, 0.1) is 23.2 Å². The minimum absolute atomic E-state index is 0.0343. The van der Waals surface area contributed by atoms with E-state index in [4.69, 9.17) is 5.10 Å². The Morgan fingerprint density at radius 1 is 1.21 bits per heavy atom. The summed E-state index contributed by atoms with van der Waals surface area (Å²) in [5.41, 5.74) is -0.187. The van der Waals surface area contributed by atoms with Gasteiger partial charge >= 0.3 is 0 Å². The van der Waals surface area contributed by atoms with Gasteiger partial charge in [0.2, 0.25) is 5.91 Å². The summed E-state index contributed by atoms with van der Waals surface area (Å²) < 4.78 is 1.93. The van der Waals surface area contributed by atoms with Crippen LogP contribution in [0.4, 0.5) is 5.82 Å². The minimum Gasteiger partial charge on any atom is -0.309 e. The molecule has 5 fully saturated rings. The third-order valence-corrected chi connectivity index (χ3v) is 9.39. The molecule has 24 heavy (non-hydrogen) atoms. The highest BCUT2D eigenvalue weighted by molar-refractivity contribution is 9.25. The van der Waals surface area contributed by atoms with Gasteiger partial charge in [0.1, 0.15) is 0 Å². The third-order valence-electron chi connectivity index (χ3n) is 7.08. The van der Waals surface area contributed by atoms with Gasteiger partial charge in [-0.3, -0.25) is 9.48 Å². The molecule has 0 spiro atoms. The van der Waals surface area contributed by atoms with Crippen molar-refractivity contribution in [3.8, 4) is 0 Å². The molecule has 0 aromatic carbocycles. The first kappa shape index (κ1) is 15.9. The first-order valence-corrected chi connectivity index (χ1v) is 10.6. The van der Waals surface area contributed by atoms with Gasteiger partial charge in [0.05, 0.1) is 14.2 Å². The molecule has 6 rings (SSSR count). The lowest BCUT2D eigenvalue weighted by atomic mass is 9.53. The number of carbonyl (C=O) groups is 1. The lowest BCUT2D eigenvalue weighted by Crippen LogP contribution is -2.52. The van der Waals surface area contributed by atoms with Crippen molar-refractivity contribution < 1.29 is 4.79 Å². The molecule has 0 saturated heterocycles. The van der Waals surface area contributed by atoms with E-state index in [0.29, 0.717) is 5.82 Å². The Kier molecular flexibility index (Phi) is 3.22. The number of nitrogens with zero attached hydrogens (tertiary/aromatic N) is 2. The number of amides is 1. The Morgan fingerprint density at radius 3 is 2.25 bits per heavy atom. The summed E-state index contributed by atoms with van der Waals surface area (Å²) in [4.78, 5) is 12.5. The molecule has 5 saturated carbocycles. The van der Waals surface area contributed by atoms with Gasteiger partial charge in [0.15, 0.2) is 5.82 Å². The Bertz CT molecular complexity index is 678. The highest BCUT2D eigenvalue weighted by atomic mass is 79.9. The van der Waals surface area contributed by atoms with Crippen LogP contribution >= 0.6 is 31.9 Å². The predicted octanol–water partition coefficient (Wildman–Crippen LogP) is 4.64. The molecule has 0 radical (unpaired) electrons. The molecule has 130 valence electrons. The summed E-state index contributed by atoms with van der Waals surface area (Å²) in [6.45, 7) is 1.97. The van der Waals surface area contributed by atoms with Crippen LogP contribution in [0.15, 0.2) is 12.3 Å². The van der Waals surface area contributed by atoms with E-state index in [1.807, 2.05) is 13.0 Å². The molecule has 1 heterocycles. The van der Waals surface area contributed by atoms with E-state index in [9.17, 15) is 4.79 Å². The lowest BCUT2D eigenvalue weighted by molar-refractivity contribution is -0.120. The van der Waals surface area contributed by atoms with Crippen LogP contribution < -0.4 is 5.32 Å². The zero-order valence-corrected chi connectivity index (χ0v) is 17.1. The van der Waals surface area contributed by atoms with E-state index < -0.39 is 5.41 Å². The zero-order chi connectivity index (χ0) is 16.7. The van der Waals surface area contributed by atoms with Crippen molar-refractivity contribution in [3.63, 3.8) is 0 Å². The Balaban J connectivity index is 1.36. The SMILES string of the molecule is C[C@@]1(C(=O)Nc2ccn(C34CC5CC(CC(C5)C3)C4)n2)CC1(Br)Br. The first-order chi connectivity index (χ1) is 11.3. The molecule has 4 bridgehead atoms. The maximum atomic E-state index is 12.5. The summed E-state index contributed by atoms with van der Waals surface area (Å²) in [5, 5.41) is 7.80. The number of nitrogens with one attached hydrogen (secondary N) is 1. The number of halogens is 2. The molecule has 0 aliphatic heterocycles. The molecule has 6 heteroatoms. The van der Waals surface area contributed by atoms with Crippen LogP contribution in [0.5, 0.6) is 0 Å². The molecule has 1 aromatic rings. The van der Waals surface area contributed by atoms with Crippen LogP contribution in [0.2, 0.25) is 0 Å². The van der Waals surface area contributed by atoms with E-state index >= 15 is 0 Å². The van der Waals surface area contributed by atoms with Crippen LogP contribution in [-0.4, -0.2) is 18.9 Å². The summed E-state index contributed by atoms with van der Waals surface area (Å²) in [5.74, 6) is 3.41. The van der Waals surface area contributed by atoms with Crippen LogP contribution in [0.25, 0.3) is 0 Å². The second kappa shape index (κ2) is 4.87. The van der Waals surface area contributed by atoms with Crippen molar-refractivity contribution >= 4 is 43.6 Å². The van der Waals surface area contributed by atoms with E-state index in [1.54, 1.807) is 0 Å². The van der Waals surface area contributed by atoms with Gasteiger partial charge in [-0.2, -0.15) is 5.10 Å². The Morgan fingerprint density at radius 2 is 1.75 bits per heavy atom. The lowest BCUT2D eigenvalue weighted by Gasteiger charge is -2.56. The smallest absolute Gasteiger partial charge is 0.233 e.